The number of para-hydroxylation sites is 1. The highest BCUT2D eigenvalue weighted by Gasteiger charge is 2.36. The number of aromatic nitrogens is 2. The van der Waals surface area contributed by atoms with Crippen LogP contribution in [0.3, 0.4) is 0 Å². The number of nitrogens with two attached hydrogens (primary N) is 1. The lowest BCUT2D eigenvalue weighted by molar-refractivity contribution is 0.416. The van der Waals surface area contributed by atoms with E-state index in [9.17, 15) is 4.39 Å². The molecule has 0 bridgehead atoms. The highest BCUT2D eigenvalue weighted by Crippen LogP contribution is 2.33. The van der Waals surface area contributed by atoms with Gasteiger partial charge in [0.15, 0.2) is 5.82 Å². The van der Waals surface area contributed by atoms with Crippen molar-refractivity contribution < 1.29 is 4.39 Å². The average molecular weight is 299 g/mol. The smallest absolute Gasteiger partial charge is 0.226 e. The summed E-state index contributed by atoms with van der Waals surface area (Å²) in [6, 6.07) is 8.90. The molecule has 2 aromatic rings. The molecule has 3 heterocycles. The van der Waals surface area contributed by atoms with Gasteiger partial charge in [-0.15, -0.1) is 0 Å². The Morgan fingerprint density at radius 3 is 2.68 bits per heavy atom. The number of hydrogen-bond donors (Lipinski definition) is 1. The Bertz CT molecular complexity index is 674. The van der Waals surface area contributed by atoms with Gasteiger partial charge < -0.3 is 15.5 Å². The fourth-order valence-corrected chi connectivity index (χ4v) is 3.46. The number of nitrogens with zero attached hydrogens (tertiary/aromatic N) is 4. The fraction of sp³-hybridized carbons (Fsp3) is 0.375. The molecule has 6 heteroatoms. The molecule has 5 nitrogen and oxygen atoms in total. The lowest BCUT2D eigenvalue weighted by Crippen LogP contribution is -2.63. The van der Waals surface area contributed by atoms with Crippen molar-refractivity contribution in [3.05, 3.63) is 48.0 Å². The predicted molar refractivity (Wildman–Crippen MR) is 83.2 cm³/mol. The van der Waals surface area contributed by atoms with E-state index in [2.05, 4.69) is 39.1 Å². The van der Waals surface area contributed by atoms with Gasteiger partial charge in [-0.1, -0.05) is 18.2 Å². The Balaban J connectivity index is 1.61. The van der Waals surface area contributed by atoms with Crippen LogP contribution in [0, 0.1) is 5.82 Å². The van der Waals surface area contributed by atoms with Crippen LogP contribution >= 0.6 is 0 Å². The summed E-state index contributed by atoms with van der Waals surface area (Å²) in [6.45, 7) is 1.49. The Morgan fingerprint density at radius 1 is 1.09 bits per heavy atom. The molecule has 2 aliphatic heterocycles. The number of piperazine rings is 1. The molecular formula is C16H18FN5. The molecular weight excluding hydrogens is 281 g/mol. The molecule has 2 N–H and O–H groups in total. The molecule has 2 aliphatic rings. The fourth-order valence-electron chi connectivity index (χ4n) is 3.46. The summed E-state index contributed by atoms with van der Waals surface area (Å²) in [7, 11) is 0. The summed E-state index contributed by atoms with van der Waals surface area (Å²) in [4.78, 5) is 12.5. The summed E-state index contributed by atoms with van der Waals surface area (Å²) in [6.07, 6.45) is 4.34. The molecule has 1 saturated heterocycles. The normalized spacial score (nSPS) is 23.9. The van der Waals surface area contributed by atoms with Gasteiger partial charge in [-0.25, -0.2) is 14.4 Å². The van der Waals surface area contributed by atoms with E-state index in [-0.39, 0.29) is 6.17 Å². The first kappa shape index (κ1) is 13.5. The zero-order chi connectivity index (χ0) is 15.1. The second-order valence-corrected chi connectivity index (χ2v) is 5.89. The molecule has 1 fully saturated rings. The number of rotatable bonds is 1. The van der Waals surface area contributed by atoms with Gasteiger partial charge in [0.25, 0.3) is 0 Å². The van der Waals surface area contributed by atoms with Gasteiger partial charge in [0.2, 0.25) is 5.95 Å². The first-order valence-electron chi connectivity index (χ1n) is 7.56. The first-order chi connectivity index (χ1) is 10.7. The Kier molecular flexibility index (Phi) is 3.18. The van der Waals surface area contributed by atoms with Gasteiger partial charge in [-0.3, -0.25) is 0 Å². The van der Waals surface area contributed by atoms with E-state index in [1.54, 1.807) is 0 Å². The van der Waals surface area contributed by atoms with Gasteiger partial charge in [0, 0.05) is 18.3 Å². The van der Waals surface area contributed by atoms with Crippen LogP contribution in [0.25, 0.3) is 0 Å². The van der Waals surface area contributed by atoms with Gasteiger partial charge in [0.1, 0.15) is 0 Å². The largest absolute Gasteiger partial charge is 0.363 e. The van der Waals surface area contributed by atoms with Crippen molar-refractivity contribution >= 4 is 11.6 Å². The van der Waals surface area contributed by atoms with Crippen molar-refractivity contribution in [3.8, 4) is 0 Å². The Morgan fingerprint density at radius 2 is 1.86 bits per heavy atom. The highest BCUT2D eigenvalue weighted by molar-refractivity contribution is 5.58. The maximum atomic E-state index is 13.0. The van der Waals surface area contributed by atoms with Gasteiger partial charge >= 0.3 is 0 Å². The van der Waals surface area contributed by atoms with E-state index < -0.39 is 5.82 Å². The van der Waals surface area contributed by atoms with Crippen LogP contribution in [0.2, 0.25) is 0 Å². The molecule has 0 saturated carbocycles. The van der Waals surface area contributed by atoms with E-state index in [0.717, 1.165) is 25.9 Å². The minimum absolute atomic E-state index is 0.201. The zero-order valence-corrected chi connectivity index (χ0v) is 12.2. The summed E-state index contributed by atoms with van der Waals surface area (Å²) >= 11 is 0. The van der Waals surface area contributed by atoms with Gasteiger partial charge in [0.05, 0.1) is 25.1 Å². The Labute approximate surface area is 128 Å². The molecule has 2 atom stereocenters. The molecule has 0 aliphatic carbocycles. The molecule has 2 unspecified atom stereocenters. The number of aryl methyl sites for hydroxylation is 1. The molecule has 0 radical (unpaired) electrons. The quantitative estimate of drug-likeness (QED) is 0.865. The maximum absolute atomic E-state index is 13.0. The second-order valence-electron chi connectivity index (χ2n) is 5.89. The minimum Gasteiger partial charge on any atom is -0.363 e. The van der Waals surface area contributed by atoms with Crippen molar-refractivity contribution in [2.24, 2.45) is 5.73 Å². The molecule has 1 aromatic heterocycles. The third-order valence-corrected chi connectivity index (χ3v) is 4.54. The van der Waals surface area contributed by atoms with Crippen LogP contribution in [0.5, 0.6) is 0 Å². The number of benzene rings is 1. The zero-order valence-electron chi connectivity index (χ0n) is 12.2. The lowest BCUT2D eigenvalue weighted by atomic mass is 9.93. The third-order valence-electron chi connectivity index (χ3n) is 4.54. The topological polar surface area (TPSA) is 58.3 Å². The standard InChI is InChI=1S/C16H18FN5/c17-12-7-19-16(20-8-12)22-9-13-6-5-11-3-1-2-4-14(11)21(13)10-15(22)18/h1-4,7-8,13,15H,5-6,9-10,18H2. The molecule has 22 heavy (non-hydrogen) atoms. The third kappa shape index (κ3) is 2.20. The van der Waals surface area contributed by atoms with Crippen LogP contribution in [0.15, 0.2) is 36.7 Å². The number of halogens is 1. The number of hydrogen-bond acceptors (Lipinski definition) is 5. The van der Waals surface area contributed by atoms with Gasteiger partial charge in [-0.2, -0.15) is 0 Å². The summed E-state index contributed by atoms with van der Waals surface area (Å²) in [5.41, 5.74) is 9.00. The lowest BCUT2D eigenvalue weighted by Gasteiger charge is -2.48. The number of anilines is 2. The summed E-state index contributed by atoms with van der Waals surface area (Å²) in [5, 5.41) is 0. The molecule has 0 amide bonds. The Hall–Kier alpha value is -2.21. The van der Waals surface area contributed by atoms with Crippen molar-refractivity contribution in [3.63, 3.8) is 0 Å². The van der Waals surface area contributed by atoms with E-state index in [4.69, 9.17) is 5.73 Å². The van der Waals surface area contributed by atoms with Crippen molar-refractivity contribution in [2.45, 2.75) is 25.0 Å². The van der Waals surface area contributed by atoms with Crippen LogP contribution < -0.4 is 15.5 Å². The van der Waals surface area contributed by atoms with Crippen LogP contribution in [0.1, 0.15) is 12.0 Å². The van der Waals surface area contributed by atoms with E-state index in [0.29, 0.717) is 12.0 Å². The second kappa shape index (κ2) is 5.21. The first-order valence-corrected chi connectivity index (χ1v) is 7.56. The highest BCUT2D eigenvalue weighted by atomic mass is 19.1. The maximum Gasteiger partial charge on any atom is 0.226 e. The van der Waals surface area contributed by atoms with Crippen LogP contribution in [-0.4, -0.2) is 35.3 Å². The molecule has 4 rings (SSSR count). The monoisotopic (exact) mass is 299 g/mol. The minimum atomic E-state index is -0.428. The molecule has 114 valence electrons. The van der Waals surface area contributed by atoms with E-state index >= 15 is 0 Å². The van der Waals surface area contributed by atoms with Crippen LogP contribution in [0.4, 0.5) is 16.0 Å². The number of fused-ring (bicyclic) bond motifs is 3. The summed E-state index contributed by atoms with van der Waals surface area (Å²) < 4.78 is 13.0. The summed E-state index contributed by atoms with van der Waals surface area (Å²) in [5.74, 6) is 0.0787. The van der Waals surface area contributed by atoms with E-state index in [1.165, 1.54) is 23.6 Å². The molecule has 0 spiro atoms. The van der Waals surface area contributed by atoms with Crippen molar-refractivity contribution in [1.29, 1.82) is 0 Å². The SMILES string of the molecule is NC1CN2c3ccccc3CCC2CN1c1ncc(F)cn1. The van der Waals surface area contributed by atoms with Gasteiger partial charge in [-0.05, 0) is 24.5 Å². The van der Waals surface area contributed by atoms with Crippen LogP contribution in [-0.2, 0) is 6.42 Å². The molecule has 1 aromatic carbocycles. The van der Waals surface area contributed by atoms with Crippen molar-refractivity contribution in [1.82, 2.24) is 9.97 Å². The predicted octanol–water partition coefficient (Wildman–Crippen LogP) is 1.54. The van der Waals surface area contributed by atoms with Crippen molar-refractivity contribution in [2.75, 3.05) is 22.9 Å². The average Bonchev–Trinajstić information content (AvgIpc) is 2.55. The van der Waals surface area contributed by atoms with E-state index in [1.807, 2.05) is 4.90 Å².